The molecule has 1 N–H and O–H groups in total. The second-order valence-electron chi connectivity index (χ2n) is 4.98. The molecule has 0 radical (unpaired) electrons. The van der Waals surface area contributed by atoms with Crippen molar-refractivity contribution < 1.29 is 31.5 Å². The number of sulfonamides is 1. The summed E-state index contributed by atoms with van der Waals surface area (Å²) in [7, 11) is -3.07. The molecule has 2 atom stereocenters. The summed E-state index contributed by atoms with van der Waals surface area (Å²) in [6.45, 7) is -0.281. The number of rotatable bonds is 3. The Balaban J connectivity index is 2.48. The zero-order valence-corrected chi connectivity index (χ0v) is 12.3. The molecule has 1 fully saturated rings. The second kappa shape index (κ2) is 5.54. The van der Waals surface area contributed by atoms with Crippen LogP contribution in [0.2, 0.25) is 0 Å². The number of nitrogens with zero attached hydrogens (tertiary/aromatic N) is 3. The molecule has 124 valence electrons. The van der Waals surface area contributed by atoms with Gasteiger partial charge in [-0.25, -0.2) is 8.42 Å². The first-order chi connectivity index (χ1) is 10.1. The lowest BCUT2D eigenvalue weighted by molar-refractivity contribution is -0.201. The third kappa shape index (κ3) is 2.82. The van der Waals surface area contributed by atoms with Gasteiger partial charge >= 0.3 is 12.1 Å². The Kier molecular flexibility index (Phi) is 4.22. The summed E-state index contributed by atoms with van der Waals surface area (Å²) in [5.74, 6) is -4.05. The van der Waals surface area contributed by atoms with Gasteiger partial charge in [-0.1, -0.05) is 0 Å². The number of hydrogen-bond acceptors (Lipinski definition) is 4. The molecular formula is C11H14F3N3O4S. The number of hydrogen-bond donors (Lipinski definition) is 1. The average Bonchev–Trinajstić information content (AvgIpc) is 2.83. The van der Waals surface area contributed by atoms with E-state index in [9.17, 15) is 26.4 Å². The Labute approximate surface area is 124 Å². The molecule has 0 amide bonds. The molecule has 0 aliphatic carbocycles. The Bertz CT molecular complexity index is 670. The number of piperidine rings is 1. The van der Waals surface area contributed by atoms with Crippen LogP contribution in [0.25, 0.3) is 0 Å². The van der Waals surface area contributed by atoms with E-state index in [0.29, 0.717) is 4.31 Å². The molecule has 1 aromatic rings. The van der Waals surface area contributed by atoms with E-state index in [1.807, 2.05) is 0 Å². The van der Waals surface area contributed by atoms with E-state index in [-0.39, 0.29) is 18.0 Å². The van der Waals surface area contributed by atoms with Gasteiger partial charge in [-0.15, -0.1) is 0 Å². The molecule has 0 bridgehead atoms. The molecule has 22 heavy (non-hydrogen) atoms. The molecule has 7 nitrogen and oxygen atoms in total. The van der Waals surface area contributed by atoms with Crippen LogP contribution in [0.1, 0.15) is 12.8 Å². The van der Waals surface area contributed by atoms with Crippen LogP contribution in [0.15, 0.2) is 17.3 Å². The molecule has 1 aromatic heterocycles. The molecule has 0 saturated carbocycles. The van der Waals surface area contributed by atoms with E-state index < -0.39 is 40.5 Å². The lowest BCUT2D eigenvalue weighted by Crippen LogP contribution is -2.56. The van der Waals surface area contributed by atoms with Crippen molar-refractivity contribution in [3.05, 3.63) is 12.3 Å². The first kappa shape index (κ1) is 16.7. The van der Waals surface area contributed by atoms with Crippen molar-refractivity contribution in [3.63, 3.8) is 0 Å². The summed E-state index contributed by atoms with van der Waals surface area (Å²) in [5.41, 5.74) is 0. The van der Waals surface area contributed by atoms with Crippen LogP contribution in [-0.2, 0) is 21.9 Å². The fourth-order valence-corrected chi connectivity index (χ4v) is 4.37. The lowest BCUT2D eigenvalue weighted by Gasteiger charge is -2.38. The van der Waals surface area contributed by atoms with E-state index in [0.717, 1.165) is 10.7 Å². The smallest absolute Gasteiger partial charge is 0.393 e. The molecule has 1 aliphatic rings. The molecule has 2 heterocycles. The SMILES string of the molecule is Cn1nccc1S(=O)(=O)N1CCC[C@H](C(F)(F)F)[C@@H]1C(=O)O. The predicted octanol–water partition coefficient (Wildman–Crippen LogP) is 0.836. The van der Waals surface area contributed by atoms with Crippen molar-refractivity contribution >= 4 is 16.0 Å². The average molecular weight is 341 g/mol. The van der Waals surface area contributed by atoms with Crippen molar-refractivity contribution in [1.29, 1.82) is 0 Å². The third-order valence-corrected chi connectivity index (χ3v) is 5.56. The number of carboxylic acid groups (broad SMARTS) is 1. The van der Waals surface area contributed by atoms with E-state index in [1.165, 1.54) is 13.2 Å². The van der Waals surface area contributed by atoms with E-state index >= 15 is 0 Å². The molecule has 0 unspecified atom stereocenters. The van der Waals surface area contributed by atoms with Crippen LogP contribution in [0, 0.1) is 5.92 Å². The minimum absolute atomic E-state index is 0.0644. The first-order valence-electron chi connectivity index (χ1n) is 6.36. The van der Waals surface area contributed by atoms with E-state index in [4.69, 9.17) is 5.11 Å². The summed E-state index contributed by atoms with van der Waals surface area (Å²) in [5, 5.41) is 12.5. The lowest BCUT2D eigenvalue weighted by atomic mass is 9.90. The van der Waals surface area contributed by atoms with Gasteiger partial charge in [0.15, 0.2) is 5.03 Å². The molecule has 0 aromatic carbocycles. The topological polar surface area (TPSA) is 92.5 Å². The number of alkyl halides is 3. The third-order valence-electron chi connectivity index (χ3n) is 3.61. The van der Waals surface area contributed by atoms with Gasteiger partial charge in [0.25, 0.3) is 10.0 Å². The first-order valence-corrected chi connectivity index (χ1v) is 7.80. The van der Waals surface area contributed by atoms with Crippen molar-refractivity contribution in [2.75, 3.05) is 6.54 Å². The molecule has 2 rings (SSSR count). The van der Waals surface area contributed by atoms with Gasteiger partial charge in [0.05, 0.1) is 12.1 Å². The van der Waals surface area contributed by atoms with Crippen LogP contribution in [0.4, 0.5) is 13.2 Å². The van der Waals surface area contributed by atoms with Crippen LogP contribution in [-0.4, -0.2) is 52.3 Å². The summed E-state index contributed by atoms with van der Waals surface area (Å²) in [6, 6.07) is -1.06. The minimum atomic E-state index is -4.79. The normalized spacial score (nSPS) is 24.4. The number of aryl methyl sites for hydroxylation is 1. The molecule has 11 heteroatoms. The Morgan fingerprint density at radius 2 is 2.09 bits per heavy atom. The highest BCUT2D eigenvalue weighted by Crippen LogP contribution is 2.39. The molecule has 1 saturated heterocycles. The van der Waals surface area contributed by atoms with Gasteiger partial charge in [0.2, 0.25) is 0 Å². The van der Waals surface area contributed by atoms with Gasteiger partial charge in [-0.2, -0.15) is 22.6 Å². The molecular weight excluding hydrogens is 327 g/mol. The summed E-state index contributed by atoms with van der Waals surface area (Å²) >= 11 is 0. The second-order valence-corrected chi connectivity index (χ2v) is 6.82. The number of aromatic nitrogens is 2. The highest BCUT2D eigenvalue weighted by molar-refractivity contribution is 7.89. The van der Waals surface area contributed by atoms with Crippen LogP contribution < -0.4 is 0 Å². The minimum Gasteiger partial charge on any atom is -0.480 e. The summed E-state index contributed by atoms with van der Waals surface area (Å²) < 4.78 is 65.5. The van der Waals surface area contributed by atoms with Crippen LogP contribution in [0.5, 0.6) is 0 Å². The predicted molar refractivity (Wildman–Crippen MR) is 67.3 cm³/mol. The quantitative estimate of drug-likeness (QED) is 0.879. The number of halogens is 3. The highest BCUT2D eigenvalue weighted by Gasteiger charge is 2.54. The van der Waals surface area contributed by atoms with Crippen LogP contribution >= 0.6 is 0 Å². The highest BCUT2D eigenvalue weighted by atomic mass is 32.2. The molecule has 0 spiro atoms. The number of carboxylic acids is 1. The van der Waals surface area contributed by atoms with Gasteiger partial charge in [-0.05, 0) is 18.9 Å². The molecule has 1 aliphatic heterocycles. The Hall–Kier alpha value is -1.62. The maximum absolute atomic E-state index is 13.0. The zero-order valence-electron chi connectivity index (χ0n) is 11.5. The van der Waals surface area contributed by atoms with E-state index in [2.05, 4.69) is 5.10 Å². The monoisotopic (exact) mass is 341 g/mol. The number of carbonyl (C=O) groups is 1. The van der Waals surface area contributed by atoms with Gasteiger partial charge in [0.1, 0.15) is 6.04 Å². The standard InChI is InChI=1S/C11H14F3N3O4S/c1-16-8(4-5-15-16)22(20,21)17-6-2-3-7(11(12,13)14)9(17)10(18)19/h4-5,7,9H,2-3,6H2,1H3,(H,18,19)/t7-,9+/m0/s1. The van der Waals surface area contributed by atoms with Crippen molar-refractivity contribution in [3.8, 4) is 0 Å². The maximum atomic E-state index is 13.0. The van der Waals surface area contributed by atoms with Crippen molar-refractivity contribution in [2.45, 2.75) is 30.1 Å². The van der Waals surface area contributed by atoms with Crippen molar-refractivity contribution in [2.24, 2.45) is 13.0 Å². The van der Waals surface area contributed by atoms with Gasteiger partial charge in [0, 0.05) is 13.6 Å². The Morgan fingerprint density at radius 3 is 2.55 bits per heavy atom. The van der Waals surface area contributed by atoms with Gasteiger partial charge < -0.3 is 5.11 Å². The summed E-state index contributed by atoms with van der Waals surface area (Å²) in [6.07, 6.45) is -4.10. The largest absolute Gasteiger partial charge is 0.480 e. The van der Waals surface area contributed by atoms with E-state index in [1.54, 1.807) is 0 Å². The van der Waals surface area contributed by atoms with Crippen LogP contribution in [0.3, 0.4) is 0 Å². The fraction of sp³-hybridized carbons (Fsp3) is 0.636. The van der Waals surface area contributed by atoms with Crippen molar-refractivity contribution in [1.82, 2.24) is 14.1 Å². The fourth-order valence-electron chi connectivity index (χ4n) is 2.61. The Morgan fingerprint density at radius 1 is 1.45 bits per heavy atom. The zero-order chi connectivity index (χ0) is 16.7. The van der Waals surface area contributed by atoms with Gasteiger partial charge in [-0.3, -0.25) is 9.48 Å². The number of aliphatic carboxylic acids is 1. The summed E-state index contributed by atoms with van der Waals surface area (Å²) in [4.78, 5) is 11.3. The maximum Gasteiger partial charge on any atom is 0.393 e.